The maximum Gasteiger partial charge on any atom is 0.484 e. The van der Waals surface area contributed by atoms with Crippen molar-refractivity contribution in [3.8, 4) is 0 Å². The summed E-state index contributed by atoms with van der Waals surface area (Å²) >= 11 is 0. The van der Waals surface area contributed by atoms with Crippen LogP contribution in [0.15, 0.2) is 0 Å². The van der Waals surface area contributed by atoms with Gasteiger partial charge in [-0.15, -0.1) is 0 Å². The van der Waals surface area contributed by atoms with Crippen LogP contribution in [0.4, 0.5) is 0 Å². The van der Waals surface area contributed by atoms with Crippen molar-refractivity contribution in [3.63, 3.8) is 0 Å². The minimum Gasteiger partial charge on any atom is -0.402 e. The Morgan fingerprint density at radius 2 is 1.06 bits per heavy atom. The molecule has 0 aliphatic rings. The van der Waals surface area contributed by atoms with Crippen molar-refractivity contribution in [2.45, 2.75) is 40.0 Å². The molecule has 0 aliphatic heterocycles. The Morgan fingerprint density at radius 3 is 1.22 bits per heavy atom. The minimum atomic E-state index is -1.79. The van der Waals surface area contributed by atoms with Crippen molar-refractivity contribution < 1.29 is 22.1 Å². The molecule has 0 rings (SSSR count). The first kappa shape index (κ1) is 20.5. The molecule has 0 saturated heterocycles. The van der Waals surface area contributed by atoms with Crippen LogP contribution in [0.1, 0.15) is 40.0 Å². The van der Waals surface area contributed by atoms with Crippen molar-refractivity contribution in [2.24, 2.45) is 0 Å². The summed E-state index contributed by atoms with van der Waals surface area (Å²) in [5, 5.41) is 0. The van der Waals surface area contributed by atoms with Gasteiger partial charge in [-0.1, -0.05) is 20.8 Å². The quantitative estimate of drug-likeness (QED) is 0.537. The van der Waals surface area contributed by atoms with Crippen LogP contribution in [-0.4, -0.2) is 53.6 Å². The van der Waals surface area contributed by atoms with Crippen molar-refractivity contribution >= 4 is 19.5 Å². The van der Waals surface area contributed by atoms with Gasteiger partial charge in [0, 0.05) is 34.0 Å². The summed E-state index contributed by atoms with van der Waals surface area (Å²) < 4.78 is 25.7. The van der Waals surface area contributed by atoms with E-state index in [0.717, 1.165) is 39.1 Å². The Kier molecular flexibility index (Phi) is 22.3. The van der Waals surface area contributed by atoms with Gasteiger partial charge in [-0.2, -0.15) is 0 Å². The lowest BCUT2D eigenvalue weighted by atomic mass is 10.5. The molecule has 0 aromatic rings. The van der Waals surface area contributed by atoms with Crippen molar-refractivity contribution in [2.75, 3.05) is 34.0 Å². The van der Waals surface area contributed by atoms with E-state index in [2.05, 4.69) is 29.6 Å². The van der Waals surface area contributed by atoms with Crippen LogP contribution in [0.25, 0.3) is 0 Å². The number of hydrogen-bond donors (Lipinski definition) is 0. The summed E-state index contributed by atoms with van der Waals surface area (Å²) in [5.74, 6) is 0. The van der Waals surface area contributed by atoms with E-state index >= 15 is 0 Å². The zero-order valence-electron chi connectivity index (χ0n) is 12.6. The molecule has 0 amide bonds. The molecule has 0 aromatic carbocycles. The summed E-state index contributed by atoms with van der Waals surface area (Å²) in [4.78, 5) is 0. The second kappa shape index (κ2) is 19.6. The van der Waals surface area contributed by atoms with E-state index in [0.29, 0.717) is 0 Å². The van der Waals surface area contributed by atoms with Gasteiger partial charge in [0.1, 0.15) is 0 Å². The summed E-state index contributed by atoms with van der Waals surface area (Å²) in [6, 6.07) is 0. The van der Waals surface area contributed by atoms with Crippen molar-refractivity contribution in [1.82, 2.24) is 0 Å². The Labute approximate surface area is 116 Å². The Balaban J connectivity index is 0. The summed E-state index contributed by atoms with van der Waals surface area (Å²) in [7, 11) is 0.942. The molecule has 0 N–H and O–H groups in total. The second-order valence-electron chi connectivity index (χ2n) is 3.60. The van der Waals surface area contributed by atoms with Crippen molar-refractivity contribution in [1.29, 1.82) is 0 Å². The fourth-order valence-corrected chi connectivity index (χ4v) is 2.71. The normalized spacial score (nSPS) is 10.3. The maximum atomic E-state index is 5.49. The third-order valence-corrected chi connectivity index (χ3v) is 3.60. The summed E-state index contributed by atoms with van der Waals surface area (Å²) in [6.45, 7) is 8.53. The third kappa shape index (κ3) is 18.6. The van der Waals surface area contributed by atoms with Crippen LogP contribution >= 0.6 is 0 Å². The average molecular weight is 299 g/mol. The smallest absolute Gasteiger partial charge is 0.402 e. The van der Waals surface area contributed by atoms with Gasteiger partial charge in [-0.05, 0) is 19.3 Å². The maximum absolute atomic E-state index is 5.49. The highest BCUT2D eigenvalue weighted by atomic mass is 28.3. The number of rotatable bonds is 11. The average Bonchev–Trinajstić information content (AvgIpc) is 2.39. The fraction of sp³-hybridized carbons (Fsp3) is 1.00. The predicted molar refractivity (Wildman–Crippen MR) is 78.4 cm³/mol. The van der Waals surface area contributed by atoms with Crippen molar-refractivity contribution in [3.05, 3.63) is 0 Å². The molecule has 0 spiro atoms. The summed E-state index contributed by atoms with van der Waals surface area (Å²) in [5.41, 5.74) is 0. The van der Waals surface area contributed by atoms with Crippen LogP contribution in [0.2, 0.25) is 0 Å². The molecule has 0 radical (unpaired) electrons. The zero-order chi connectivity index (χ0) is 14.1. The van der Waals surface area contributed by atoms with Gasteiger partial charge in [0.2, 0.25) is 0 Å². The van der Waals surface area contributed by atoms with Crippen LogP contribution in [0.5, 0.6) is 0 Å². The van der Waals surface area contributed by atoms with E-state index in [9.17, 15) is 0 Å². The highest BCUT2D eigenvalue weighted by molar-refractivity contribution is 6.36. The first-order valence-corrected chi connectivity index (χ1v) is 9.16. The molecule has 0 aromatic heterocycles. The molecule has 112 valence electrons. The standard InChI is InChI=1S/C9H22O3Si.C2H8O2Si/c1-4-7-10-13(11-8-5-2)12-9-6-3;1-3-5-4-2/h13H,4-9H2,1-3H3;5H2,1-2H3. The van der Waals surface area contributed by atoms with E-state index in [4.69, 9.17) is 13.3 Å². The molecular formula is C11H30O5Si2. The lowest BCUT2D eigenvalue weighted by Gasteiger charge is -2.15. The molecular weight excluding hydrogens is 268 g/mol. The molecule has 0 bridgehead atoms. The van der Waals surface area contributed by atoms with Gasteiger partial charge in [-0.25, -0.2) is 0 Å². The molecule has 0 saturated carbocycles. The monoisotopic (exact) mass is 298 g/mol. The molecule has 5 nitrogen and oxygen atoms in total. The van der Waals surface area contributed by atoms with Gasteiger partial charge >= 0.3 is 19.5 Å². The molecule has 0 atom stereocenters. The predicted octanol–water partition coefficient (Wildman–Crippen LogP) is 1.26. The second-order valence-corrected chi connectivity index (χ2v) is 6.56. The Hall–Kier alpha value is 0.234. The fourth-order valence-electron chi connectivity index (χ4n) is 0.904. The van der Waals surface area contributed by atoms with E-state index in [1.54, 1.807) is 14.2 Å². The van der Waals surface area contributed by atoms with Gasteiger partial charge in [-0.3, -0.25) is 0 Å². The molecule has 0 fully saturated rings. The molecule has 18 heavy (non-hydrogen) atoms. The first-order chi connectivity index (χ1) is 8.76. The zero-order valence-corrected chi connectivity index (χ0v) is 15.1. The molecule has 0 heterocycles. The van der Waals surface area contributed by atoms with Crippen LogP contribution in [-0.2, 0) is 22.1 Å². The van der Waals surface area contributed by atoms with E-state index in [-0.39, 0.29) is 0 Å². The highest BCUT2D eigenvalue weighted by Crippen LogP contribution is 1.96. The van der Waals surface area contributed by atoms with Crippen LogP contribution < -0.4 is 0 Å². The Bertz CT molecular complexity index is 120. The SMILES string of the molecule is CCCO[SiH](OCCC)OCCC.CO[SiH2]OC. The minimum absolute atomic E-state index is 0.568. The van der Waals surface area contributed by atoms with E-state index in [1.165, 1.54) is 0 Å². The molecule has 0 aliphatic carbocycles. The van der Waals surface area contributed by atoms with E-state index < -0.39 is 19.5 Å². The van der Waals surface area contributed by atoms with Gasteiger partial charge in [0.25, 0.3) is 0 Å². The largest absolute Gasteiger partial charge is 0.484 e. The van der Waals surface area contributed by atoms with Gasteiger partial charge in [0.15, 0.2) is 0 Å². The summed E-state index contributed by atoms with van der Waals surface area (Å²) in [6.07, 6.45) is 3.07. The van der Waals surface area contributed by atoms with Crippen LogP contribution in [0, 0.1) is 0 Å². The topological polar surface area (TPSA) is 46.2 Å². The third-order valence-electron chi connectivity index (χ3n) is 1.61. The first-order valence-electron chi connectivity index (χ1n) is 6.59. The van der Waals surface area contributed by atoms with Crippen LogP contribution in [0.3, 0.4) is 0 Å². The lowest BCUT2D eigenvalue weighted by molar-refractivity contribution is 0.0933. The van der Waals surface area contributed by atoms with Gasteiger partial charge in [0.05, 0.1) is 0 Å². The molecule has 7 heteroatoms. The lowest BCUT2D eigenvalue weighted by Crippen LogP contribution is -2.28. The van der Waals surface area contributed by atoms with Gasteiger partial charge < -0.3 is 22.1 Å². The molecule has 0 unspecified atom stereocenters. The highest BCUT2D eigenvalue weighted by Gasteiger charge is 2.13. The number of hydrogen-bond acceptors (Lipinski definition) is 5. The Morgan fingerprint density at radius 1 is 0.722 bits per heavy atom. The van der Waals surface area contributed by atoms with E-state index in [1.807, 2.05) is 0 Å².